The quantitative estimate of drug-likeness (QED) is 0.725. The number of hydrogen-bond acceptors (Lipinski definition) is 4. The van der Waals surface area contributed by atoms with Crippen molar-refractivity contribution in [3.8, 4) is 0 Å². The smallest absolute Gasteiger partial charge is 0.315 e. The van der Waals surface area contributed by atoms with Gasteiger partial charge in [0.25, 0.3) is 0 Å². The molecule has 20 heavy (non-hydrogen) atoms. The van der Waals surface area contributed by atoms with Gasteiger partial charge in [-0.05, 0) is 12.8 Å². The van der Waals surface area contributed by atoms with Gasteiger partial charge in [0.05, 0.1) is 18.7 Å². The summed E-state index contributed by atoms with van der Waals surface area (Å²) in [4.78, 5) is 23.1. The Morgan fingerprint density at radius 3 is 2.85 bits per heavy atom. The van der Waals surface area contributed by atoms with E-state index in [9.17, 15) is 14.7 Å². The third-order valence-corrected chi connectivity index (χ3v) is 3.56. The van der Waals surface area contributed by atoms with Gasteiger partial charge in [0.15, 0.2) is 5.76 Å². The van der Waals surface area contributed by atoms with Crippen LogP contribution in [0.1, 0.15) is 37.9 Å². The summed E-state index contributed by atoms with van der Waals surface area (Å²) >= 11 is 0. The summed E-state index contributed by atoms with van der Waals surface area (Å²) in [6.07, 6.45) is 5.67. The molecule has 3 N–H and O–H groups in total. The Morgan fingerprint density at radius 2 is 2.15 bits per heavy atom. The minimum atomic E-state index is -0.840. The van der Waals surface area contributed by atoms with Crippen LogP contribution in [0.2, 0.25) is 0 Å². The summed E-state index contributed by atoms with van der Waals surface area (Å²) in [6.45, 7) is 0.232. The van der Waals surface area contributed by atoms with Crippen LogP contribution in [0.15, 0.2) is 16.8 Å². The van der Waals surface area contributed by atoms with E-state index < -0.39 is 11.9 Å². The molecule has 110 valence electrons. The zero-order chi connectivity index (χ0) is 14.4. The fraction of sp³-hybridized carbons (Fsp3) is 0.615. The number of carbonyl (C=O) groups excluding carboxylic acids is 1. The van der Waals surface area contributed by atoms with Crippen molar-refractivity contribution in [2.24, 2.45) is 5.92 Å². The molecule has 0 saturated heterocycles. The van der Waals surface area contributed by atoms with Crippen molar-refractivity contribution in [3.63, 3.8) is 0 Å². The first-order chi connectivity index (χ1) is 9.66. The molecule has 2 unspecified atom stereocenters. The summed E-state index contributed by atoms with van der Waals surface area (Å²) in [7, 11) is 0. The number of carboxylic acids is 1. The second-order valence-electron chi connectivity index (χ2n) is 4.99. The van der Waals surface area contributed by atoms with Crippen LogP contribution < -0.4 is 10.6 Å². The normalized spacial score (nSPS) is 22.8. The predicted octanol–water partition coefficient (Wildman–Crippen LogP) is 1.51. The molecule has 1 aromatic rings. The lowest BCUT2D eigenvalue weighted by Crippen LogP contribution is -2.47. The summed E-state index contributed by atoms with van der Waals surface area (Å²) in [5, 5.41) is 18.2. The molecule has 1 aliphatic rings. The highest BCUT2D eigenvalue weighted by Crippen LogP contribution is 2.23. The Bertz CT molecular complexity index is 446. The van der Waals surface area contributed by atoms with E-state index in [1.54, 1.807) is 6.07 Å². The van der Waals surface area contributed by atoms with Gasteiger partial charge in [-0.1, -0.05) is 24.4 Å². The van der Waals surface area contributed by atoms with Crippen LogP contribution in [-0.4, -0.2) is 28.3 Å². The fourth-order valence-corrected chi connectivity index (χ4v) is 2.50. The topological polar surface area (TPSA) is 104 Å². The Kier molecular flexibility index (Phi) is 4.97. The van der Waals surface area contributed by atoms with Crippen molar-refractivity contribution >= 4 is 12.0 Å². The second-order valence-corrected chi connectivity index (χ2v) is 4.99. The van der Waals surface area contributed by atoms with Crippen molar-refractivity contribution in [3.05, 3.63) is 18.0 Å². The molecule has 1 saturated carbocycles. The lowest BCUT2D eigenvalue weighted by molar-refractivity contribution is -0.142. The van der Waals surface area contributed by atoms with Gasteiger partial charge in [-0.3, -0.25) is 4.79 Å². The molecule has 1 aromatic heterocycles. The number of aliphatic carboxylic acids is 1. The van der Waals surface area contributed by atoms with Crippen LogP contribution in [0.25, 0.3) is 0 Å². The molecule has 0 spiro atoms. The fourth-order valence-electron chi connectivity index (χ4n) is 2.50. The van der Waals surface area contributed by atoms with Gasteiger partial charge in [0.1, 0.15) is 0 Å². The predicted molar refractivity (Wildman–Crippen MR) is 69.9 cm³/mol. The zero-order valence-corrected chi connectivity index (χ0v) is 11.2. The molecule has 7 heteroatoms. The molecule has 7 nitrogen and oxygen atoms in total. The minimum absolute atomic E-state index is 0.232. The van der Waals surface area contributed by atoms with E-state index in [4.69, 9.17) is 4.52 Å². The third-order valence-electron chi connectivity index (χ3n) is 3.56. The monoisotopic (exact) mass is 281 g/mol. The Morgan fingerprint density at radius 1 is 1.35 bits per heavy atom. The number of nitrogens with one attached hydrogen (secondary N) is 2. The molecule has 1 aliphatic carbocycles. The van der Waals surface area contributed by atoms with Crippen LogP contribution in [-0.2, 0) is 11.3 Å². The first kappa shape index (κ1) is 14.4. The van der Waals surface area contributed by atoms with Crippen molar-refractivity contribution < 1.29 is 19.2 Å². The van der Waals surface area contributed by atoms with Crippen molar-refractivity contribution in [2.45, 2.75) is 44.7 Å². The second kappa shape index (κ2) is 6.93. The van der Waals surface area contributed by atoms with Crippen molar-refractivity contribution in [1.82, 2.24) is 15.8 Å². The number of carboxylic acid groups (broad SMARTS) is 1. The van der Waals surface area contributed by atoms with Gasteiger partial charge >= 0.3 is 12.0 Å². The molecule has 1 fully saturated rings. The number of hydrogen-bond donors (Lipinski definition) is 3. The molecule has 2 atom stereocenters. The summed E-state index contributed by atoms with van der Waals surface area (Å²) in [5.41, 5.74) is 0. The Hall–Kier alpha value is -2.05. The highest BCUT2D eigenvalue weighted by Gasteiger charge is 2.30. The zero-order valence-electron chi connectivity index (χ0n) is 11.2. The van der Waals surface area contributed by atoms with Crippen LogP contribution in [0.4, 0.5) is 4.79 Å². The van der Waals surface area contributed by atoms with E-state index in [2.05, 4.69) is 15.8 Å². The van der Waals surface area contributed by atoms with Crippen molar-refractivity contribution in [1.29, 1.82) is 0 Å². The van der Waals surface area contributed by atoms with Gasteiger partial charge in [0, 0.05) is 12.1 Å². The summed E-state index contributed by atoms with van der Waals surface area (Å²) in [6, 6.07) is 0.968. The van der Waals surface area contributed by atoms with E-state index in [0.29, 0.717) is 18.6 Å². The van der Waals surface area contributed by atoms with Crippen LogP contribution in [0, 0.1) is 5.92 Å². The lowest BCUT2D eigenvalue weighted by atomic mass is 9.95. The van der Waals surface area contributed by atoms with Crippen LogP contribution in [0.5, 0.6) is 0 Å². The maximum atomic E-state index is 11.8. The number of rotatable bonds is 4. The van der Waals surface area contributed by atoms with E-state index in [-0.39, 0.29) is 18.6 Å². The Labute approximate surface area is 116 Å². The van der Waals surface area contributed by atoms with Gasteiger partial charge in [0.2, 0.25) is 0 Å². The molecule has 2 amide bonds. The average molecular weight is 281 g/mol. The van der Waals surface area contributed by atoms with Gasteiger partial charge in [-0.2, -0.15) is 0 Å². The average Bonchev–Trinajstić information content (AvgIpc) is 2.82. The third kappa shape index (κ3) is 3.97. The largest absolute Gasteiger partial charge is 0.481 e. The van der Waals surface area contributed by atoms with E-state index in [1.165, 1.54) is 6.20 Å². The molecule has 0 radical (unpaired) electrons. The number of nitrogens with zero attached hydrogens (tertiary/aromatic N) is 1. The minimum Gasteiger partial charge on any atom is -0.481 e. The molecule has 2 rings (SSSR count). The lowest BCUT2D eigenvalue weighted by Gasteiger charge is -2.22. The number of carbonyl (C=O) groups is 2. The van der Waals surface area contributed by atoms with E-state index in [0.717, 1.165) is 19.3 Å². The molecule has 0 bridgehead atoms. The van der Waals surface area contributed by atoms with Gasteiger partial charge in [-0.15, -0.1) is 0 Å². The highest BCUT2D eigenvalue weighted by atomic mass is 16.5. The number of urea groups is 1. The Balaban J connectivity index is 1.85. The first-order valence-electron chi connectivity index (χ1n) is 6.83. The molecule has 1 heterocycles. The molecular weight excluding hydrogens is 262 g/mol. The van der Waals surface area contributed by atoms with E-state index >= 15 is 0 Å². The molecule has 0 aromatic carbocycles. The molecule has 0 aliphatic heterocycles. The summed E-state index contributed by atoms with van der Waals surface area (Å²) < 4.78 is 4.87. The number of aromatic nitrogens is 1. The maximum absolute atomic E-state index is 11.8. The van der Waals surface area contributed by atoms with Gasteiger partial charge in [-0.25, -0.2) is 4.79 Å². The number of amides is 2. The SMILES string of the molecule is O=C(NCc1ccno1)NC1CCCCCC1C(=O)O. The van der Waals surface area contributed by atoms with E-state index in [1.807, 2.05) is 0 Å². The van der Waals surface area contributed by atoms with Crippen LogP contribution >= 0.6 is 0 Å². The van der Waals surface area contributed by atoms with Crippen molar-refractivity contribution in [2.75, 3.05) is 0 Å². The maximum Gasteiger partial charge on any atom is 0.315 e. The van der Waals surface area contributed by atoms with Gasteiger partial charge < -0.3 is 20.3 Å². The first-order valence-corrected chi connectivity index (χ1v) is 6.83. The highest BCUT2D eigenvalue weighted by molar-refractivity contribution is 5.76. The summed E-state index contributed by atoms with van der Waals surface area (Å²) in [5.74, 6) is -0.795. The molecular formula is C13H19N3O4. The standard InChI is InChI=1S/C13H19N3O4/c17-12(18)10-4-2-1-3-5-11(10)16-13(19)14-8-9-6-7-15-20-9/h6-7,10-11H,1-5,8H2,(H,17,18)(H2,14,16,19). The van der Waals surface area contributed by atoms with Crippen LogP contribution in [0.3, 0.4) is 0 Å².